The molecule has 0 spiro atoms. The molecule has 0 bridgehead atoms. The summed E-state index contributed by atoms with van der Waals surface area (Å²) in [5.74, 6) is 0. The molecule has 34 heavy (non-hydrogen) atoms. The molecule has 4 atom stereocenters. The smallest absolute Gasteiger partial charge is 0.228 e. The van der Waals surface area contributed by atoms with Gasteiger partial charge in [-0.15, -0.1) is 0 Å². The molecule has 0 aliphatic carbocycles. The average molecular weight is 461 g/mol. The van der Waals surface area contributed by atoms with Crippen molar-refractivity contribution in [3.8, 4) is 0 Å². The van der Waals surface area contributed by atoms with Gasteiger partial charge in [-0.25, -0.2) is 0 Å². The van der Waals surface area contributed by atoms with Crippen LogP contribution in [-0.4, -0.2) is 31.2 Å². The molecule has 3 aromatic rings. The lowest BCUT2D eigenvalue weighted by molar-refractivity contribution is -0.287. The van der Waals surface area contributed by atoms with E-state index in [0.717, 1.165) is 16.7 Å². The number of ether oxygens (including phenoxy) is 5. The Labute approximate surface area is 201 Å². The highest BCUT2D eigenvalue weighted by Gasteiger charge is 2.44. The van der Waals surface area contributed by atoms with Gasteiger partial charge in [0.05, 0.1) is 32.7 Å². The van der Waals surface area contributed by atoms with E-state index in [2.05, 4.69) is 0 Å². The summed E-state index contributed by atoms with van der Waals surface area (Å²) in [5, 5.41) is 0. The summed E-state index contributed by atoms with van der Waals surface area (Å²) >= 11 is 0. The molecule has 0 unspecified atom stereocenters. The maximum atomic E-state index is 6.45. The van der Waals surface area contributed by atoms with Gasteiger partial charge in [-0.05, 0) is 23.6 Å². The normalized spacial score (nSPS) is 22.6. The van der Waals surface area contributed by atoms with E-state index in [1.807, 2.05) is 104 Å². The lowest BCUT2D eigenvalue weighted by Crippen LogP contribution is -2.56. The molecule has 178 valence electrons. The van der Waals surface area contributed by atoms with E-state index in [1.165, 1.54) is 0 Å². The first-order chi connectivity index (χ1) is 16.8. The van der Waals surface area contributed by atoms with E-state index < -0.39 is 12.4 Å². The molecule has 0 saturated carbocycles. The summed E-state index contributed by atoms with van der Waals surface area (Å²) in [7, 11) is 0. The summed E-state index contributed by atoms with van der Waals surface area (Å²) in [6, 6.07) is 30.3. The minimum absolute atomic E-state index is 0.310. The Kier molecular flexibility index (Phi) is 9.29. The third-order valence-electron chi connectivity index (χ3n) is 5.61. The zero-order valence-corrected chi connectivity index (χ0v) is 19.5. The van der Waals surface area contributed by atoms with Crippen LogP contribution in [0.1, 0.15) is 23.6 Å². The SMILES string of the molecule is C/C=C/O[C@@H]1OC[C@@H](OCc2ccccc2)[C@H](OCc2ccccc2)[C@H]1OCc1ccccc1. The Bertz CT molecular complexity index is 977. The minimum Gasteiger partial charge on any atom is -0.470 e. The van der Waals surface area contributed by atoms with Crippen LogP contribution in [0.3, 0.4) is 0 Å². The first-order valence-electron chi connectivity index (χ1n) is 11.7. The number of rotatable bonds is 11. The van der Waals surface area contributed by atoms with Crippen LogP contribution in [0.25, 0.3) is 0 Å². The van der Waals surface area contributed by atoms with Crippen molar-refractivity contribution in [2.75, 3.05) is 6.61 Å². The van der Waals surface area contributed by atoms with Crippen molar-refractivity contribution < 1.29 is 23.7 Å². The number of hydrogen-bond acceptors (Lipinski definition) is 5. The van der Waals surface area contributed by atoms with Crippen LogP contribution in [0.4, 0.5) is 0 Å². The molecule has 1 saturated heterocycles. The van der Waals surface area contributed by atoms with Gasteiger partial charge in [-0.1, -0.05) is 97.1 Å². The highest BCUT2D eigenvalue weighted by atomic mass is 16.7. The first kappa shape index (κ1) is 24.2. The number of allylic oxidation sites excluding steroid dienone is 1. The molecular weight excluding hydrogens is 428 g/mol. The first-order valence-corrected chi connectivity index (χ1v) is 11.7. The monoisotopic (exact) mass is 460 g/mol. The summed E-state index contributed by atoms with van der Waals surface area (Å²) in [4.78, 5) is 0. The van der Waals surface area contributed by atoms with Crippen LogP contribution in [0.5, 0.6) is 0 Å². The van der Waals surface area contributed by atoms with E-state index >= 15 is 0 Å². The minimum atomic E-state index is -0.600. The van der Waals surface area contributed by atoms with Gasteiger partial charge in [0.15, 0.2) is 0 Å². The Morgan fingerprint density at radius 2 is 1.15 bits per heavy atom. The Morgan fingerprint density at radius 3 is 1.65 bits per heavy atom. The standard InChI is InChI=1S/C29H32O5/c1-2-18-30-29-28(33-21-25-16-10-5-11-17-25)27(32-20-24-14-8-4-9-15-24)26(22-34-29)31-19-23-12-6-3-7-13-23/h2-18,26-29H,19-22H2,1H3/b18-2+/t26-,27+,28-,29-/m1/s1. The number of benzene rings is 3. The van der Waals surface area contributed by atoms with Gasteiger partial charge in [0.1, 0.15) is 18.3 Å². The summed E-state index contributed by atoms with van der Waals surface area (Å²) in [5.41, 5.74) is 3.25. The van der Waals surface area contributed by atoms with Gasteiger partial charge in [-0.2, -0.15) is 0 Å². The molecule has 0 amide bonds. The van der Waals surface area contributed by atoms with E-state index in [4.69, 9.17) is 23.7 Å². The molecule has 5 nitrogen and oxygen atoms in total. The fourth-order valence-corrected chi connectivity index (χ4v) is 3.85. The van der Waals surface area contributed by atoms with E-state index in [1.54, 1.807) is 6.26 Å². The predicted molar refractivity (Wildman–Crippen MR) is 131 cm³/mol. The summed E-state index contributed by atoms with van der Waals surface area (Å²) in [6.07, 6.45) is 1.69. The van der Waals surface area contributed by atoms with Gasteiger partial charge >= 0.3 is 0 Å². The highest BCUT2D eigenvalue weighted by Crippen LogP contribution is 2.27. The van der Waals surface area contributed by atoms with Gasteiger partial charge in [0.25, 0.3) is 0 Å². The van der Waals surface area contributed by atoms with Crippen molar-refractivity contribution in [2.45, 2.75) is 51.3 Å². The van der Waals surface area contributed by atoms with E-state index in [0.29, 0.717) is 26.4 Å². The summed E-state index contributed by atoms with van der Waals surface area (Å²) < 4.78 is 31.0. The van der Waals surface area contributed by atoms with Crippen molar-refractivity contribution >= 4 is 0 Å². The van der Waals surface area contributed by atoms with Crippen LogP contribution in [0, 0.1) is 0 Å². The quantitative estimate of drug-likeness (QED) is 0.346. The van der Waals surface area contributed by atoms with Gasteiger partial charge in [0, 0.05) is 0 Å². The molecule has 0 radical (unpaired) electrons. The second-order valence-electron chi connectivity index (χ2n) is 8.16. The fraction of sp³-hybridized carbons (Fsp3) is 0.310. The molecule has 3 aromatic carbocycles. The lowest BCUT2D eigenvalue weighted by atomic mass is 10.0. The third-order valence-corrected chi connectivity index (χ3v) is 5.61. The predicted octanol–water partition coefficient (Wildman–Crippen LogP) is 5.65. The van der Waals surface area contributed by atoms with Crippen molar-refractivity contribution in [1.29, 1.82) is 0 Å². The molecular formula is C29H32O5. The molecule has 1 aliphatic rings. The van der Waals surface area contributed by atoms with E-state index in [-0.39, 0.29) is 12.2 Å². The van der Waals surface area contributed by atoms with Crippen molar-refractivity contribution in [3.63, 3.8) is 0 Å². The average Bonchev–Trinajstić information content (AvgIpc) is 2.90. The van der Waals surface area contributed by atoms with Crippen LogP contribution in [0.2, 0.25) is 0 Å². The Hall–Kier alpha value is -2.96. The zero-order valence-electron chi connectivity index (χ0n) is 19.5. The van der Waals surface area contributed by atoms with Crippen LogP contribution in [-0.2, 0) is 43.5 Å². The Morgan fingerprint density at radius 1 is 0.676 bits per heavy atom. The molecule has 1 fully saturated rings. The van der Waals surface area contributed by atoms with Crippen molar-refractivity contribution in [1.82, 2.24) is 0 Å². The third kappa shape index (κ3) is 7.02. The van der Waals surface area contributed by atoms with Gasteiger partial charge in [-0.3, -0.25) is 0 Å². The van der Waals surface area contributed by atoms with Crippen molar-refractivity contribution in [2.24, 2.45) is 0 Å². The second-order valence-corrected chi connectivity index (χ2v) is 8.16. The van der Waals surface area contributed by atoms with Crippen LogP contribution in [0.15, 0.2) is 103 Å². The molecule has 0 aromatic heterocycles. The fourth-order valence-electron chi connectivity index (χ4n) is 3.85. The van der Waals surface area contributed by atoms with E-state index in [9.17, 15) is 0 Å². The maximum absolute atomic E-state index is 6.45. The second kappa shape index (κ2) is 13.1. The zero-order chi connectivity index (χ0) is 23.4. The van der Waals surface area contributed by atoms with Crippen molar-refractivity contribution in [3.05, 3.63) is 120 Å². The topological polar surface area (TPSA) is 46.2 Å². The molecule has 4 rings (SSSR count). The molecule has 1 heterocycles. The van der Waals surface area contributed by atoms with Gasteiger partial charge in [0.2, 0.25) is 6.29 Å². The Balaban J connectivity index is 1.52. The molecule has 5 heteroatoms. The van der Waals surface area contributed by atoms with Crippen LogP contribution < -0.4 is 0 Å². The molecule has 0 N–H and O–H groups in total. The number of hydrogen-bond donors (Lipinski definition) is 0. The molecule has 1 aliphatic heterocycles. The lowest BCUT2D eigenvalue weighted by Gasteiger charge is -2.41. The van der Waals surface area contributed by atoms with Crippen LogP contribution >= 0.6 is 0 Å². The maximum Gasteiger partial charge on any atom is 0.228 e. The highest BCUT2D eigenvalue weighted by molar-refractivity contribution is 5.15. The summed E-state index contributed by atoms with van der Waals surface area (Å²) in [6.45, 7) is 3.57. The van der Waals surface area contributed by atoms with Gasteiger partial charge < -0.3 is 23.7 Å². The largest absolute Gasteiger partial charge is 0.470 e.